The second kappa shape index (κ2) is 11.3. The molecule has 0 amide bonds. The Bertz CT molecular complexity index is 1940. The summed E-state index contributed by atoms with van der Waals surface area (Å²) in [5.41, 5.74) is 11.3. The molecule has 4 aromatic heterocycles. The summed E-state index contributed by atoms with van der Waals surface area (Å²) in [7, 11) is 0. The number of rotatable bonds is 2. The third-order valence-corrected chi connectivity index (χ3v) is 10.4. The van der Waals surface area contributed by atoms with Crippen LogP contribution in [0.2, 0.25) is 0 Å². The highest BCUT2D eigenvalue weighted by Gasteiger charge is 2.52. The van der Waals surface area contributed by atoms with Gasteiger partial charge < -0.3 is 61.9 Å². The standard InChI is InChI=1S/C20H24N10O11P2S2/c21-14-8-15(24-3-23-14)29(4-25-8)18-10(31)12-6(38-18)1-36-43(35,45)41-13-7(2-37-42(34,44)40-12)39-19(11(13)32)30-5-26-9-16(30)27-20(22)28-17(9)33/h3-7,10-13,18-19,31-32H,1-2H2,(H,34,44)(H,35,45)(H2,21,23,24)(H3,22,27,28,33)/p-1/t6-,7-,10-,11-,12-,13-,18-,19-,42?,43?/m1/s1. The molecule has 0 aliphatic carbocycles. The smallest absolute Gasteiger partial charge is 0.325 e. The number of aromatic nitrogens is 8. The zero-order valence-electron chi connectivity index (χ0n) is 22.4. The molecule has 4 aromatic rings. The summed E-state index contributed by atoms with van der Waals surface area (Å²) in [6.07, 6.45) is -7.31. The number of aliphatic hydroxyl groups excluding tert-OH is 2. The number of imidazole rings is 2. The maximum Gasteiger partial charge on any atom is 0.325 e. The van der Waals surface area contributed by atoms with Crippen LogP contribution in [-0.4, -0.2) is 104 Å². The number of nitrogen functional groups attached to an aromatic ring is 2. The normalized spacial score (nSPS) is 37.7. The average molecular weight is 706 g/mol. The highest BCUT2D eigenvalue weighted by molar-refractivity contribution is 8.32. The summed E-state index contributed by atoms with van der Waals surface area (Å²) in [6.45, 7) is -9.74. The minimum atomic E-state index is -4.42. The topological polar surface area (TPSA) is 292 Å². The number of ether oxygens (including phenoxy) is 2. The fraction of sp³-hybridized carbons (Fsp3) is 0.500. The molecule has 0 saturated carbocycles. The van der Waals surface area contributed by atoms with Crippen LogP contribution in [0, 0.1) is 0 Å². The van der Waals surface area contributed by atoms with Gasteiger partial charge in [0, 0.05) is 0 Å². The van der Waals surface area contributed by atoms with Crippen molar-refractivity contribution in [1.82, 2.24) is 39.0 Å². The largest absolute Gasteiger partial charge is 0.660 e. The molecule has 25 heteroatoms. The quantitative estimate of drug-likeness (QED) is 0.100. The third kappa shape index (κ3) is 5.56. The fourth-order valence-electron chi connectivity index (χ4n) is 5.31. The Morgan fingerprint density at radius 2 is 1.53 bits per heavy atom. The molecule has 45 heavy (non-hydrogen) atoms. The van der Waals surface area contributed by atoms with E-state index in [2.05, 4.69) is 29.9 Å². The van der Waals surface area contributed by atoms with Crippen molar-refractivity contribution in [3.8, 4) is 0 Å². The molecule has 3 fully saturated rings. The Kier molecular flexibility index (Phi) is 7.76. The van der Waals surface area contributed by atoms with Gasteiger partial charge in [0.2, 0.25) is 5.95 Å². The SMILES string of the molecule is Nc1nc2c(ncn2[C@@H]2O[C@@H]3COP(O)(=S)O[C@H]4[C@@H](O)[C@H](n5cnc6c(N)ncnc65)O[C@@H]4COP(=O)([S-])O[C@H]3[C@H]2O)c(=O)[nH]1. The number of fused-ring (bicyclic) bond motifs is 4. The Labute approximate surface area is 260 Å². The van der Waals surface area contributed by atoms with Crippen molar-refractivity contribution in [2.24, 2.45) is 0 Å². The number of nitrogens with one attached hydrogen (secondary N) is 1. The van der Waals surface area contributed by atoms with E-state index < -0.39 is 81.4 Å². The molecule has 0 radical (unpaired) electrons. The van der Waals surface area contributed by atoms with Gasteiger partial charge in [-0.1, -0.05) is 0 Å². The first-order valence-electron chi connectivity index (χ1n) is 12.9. The van der Waals surface area contributed by atoms with Crippen LogP contribution in [-0.2, 0) is 56.2 Å². The zero-order valence-corrected chi connectivity index (χ0v) is 25.8. The van der Waals surface area contributed by atoms with E-state index in [1.54, 1.807) is 0 Å². The third-order valence-electron chi connectivity index (χ3n) is 7.31. The summed E-state index contributed by atoms with van der Waals surface area (Å²) >= 11 is 10.3. The molecule has 0 aromatic carbocycles. The number of anilines is 2. The second-order valence-electron chi connectivity index (χ2n) is 10.1. The van der Waals surface area contributed by atoms with Crippen molar-refractivity contribution in [2.75, 3.05) is 24.7 Å². The number of H-pyrrole nitrogens is 1. The van der Waals surface area contributed by atoms with Gasteiger partial charge in [0.15, 0.2) is 41.9 Å². The number of nitrogens with two attached hydrogens (primary N) is 2. The monoisotopic (exact) mass is 705 g/mol. The van der Waals surface area contributed by atoms with Gasteiger partial charge in [-0.05, 0) is 11.8 Å². The Morgan fingerprint density at radius 1 is 0.933 bits per heavy atom. The van der Waals surface area contributed by atoms with Gasteiger partial charge in [-0.2, -0.15) is 4.98 Å². The highest BCUT2D eigenvalue weighted by atomic mass is 32.7. The summed E-state index contributed by atoms with van der Waals surface area (Å²) in [5.74, 6) is -0.126. The number of nitrogens with zero attached hydrogens (tertiary/aromatic N) is 7. The van der Waals surface area contributed by atoms with Gasteiger partial charge >= 0.3 is 6.72 Å². The summed E-state index contributed by atoms with van der Waals surface area (Å²) in [4.78, 5) is 45.8. The van der Waals surface area contributed by atoms with E-state index in [-0.39, 0.29) is 34.1 Å². The molecule has 0 spiro atoms. The molecule has 3 aliphatic heterocycles. The first kappa shape index (κ1) is 31.0. The van der Waals surface area contributed by atoms with Crippen LogP contribution >= 0.6 is 13.5 Å². The Balaban J connectivity index is 1.17. The van der Waals surface area contributed by atoms with Crippen molar-refractivity contribution < 1.29 is 47.2 Å². The lowest BCUT2D eigenvalue weighted by atomic mass is 10.1. The molecule has 0 bridgehead atoms. The Hall–Kier alpha value is -2.63. The molecule has 8 N–H and O–H groups in total. The van der Waals surface area contributed by atoms with Crippen LogP contribution in [0.1, 0.15) is 12.5 Å². The lowest BCUT2D eigenvalue weighted by molar-refractivity contribution is -0.0577. The van der Waals surface area contributed by atoms with E-state index in [0.29, 0.717) is 0 Å². The van der Waals surface area contributed by atoms with Crippen LogP contribution in [0.4, 0.5) is 11.8 Å². The van der Waals surface area contributed by atoms with Gasteiger partial charge in [-0.25, -0.2) is 19.9 Å². The van der Waals surface area contributed by atoms with Crippen LogP contribution < -0.4 is 17.0 Å². The molecule has 7 heterocycles. The molecular formula is C20H23N10O11P2S2-. The second-order valence-corrected chi connectivity index (χ2v) is 15.6. The molecule has 21 nitrogen and oxygen atoms in total. The summed E-state index contributed by atoms with van der Waals surface area (Å²) in [5, 5.41) is 22.5. The number of aliphatic hydroxyl groups is 2. The van der Waals surface area contributed by atoms with Gasteiger partial charge in [0.25, 0.3) is 5.56 Å². The summed E-state index contributed by atoms with van der Waals surface area (Å²) in [6, 6.07) is 0. The maximum absolute atomic E-state index is 13.4. The van der Waals surface area contributed by atoms with Crippen LogP contribution in [0.15, 0.2) is 23.8 Å². The fourth-order valence-corrected chi connectivity index (χ4v) is 8.18. The molecule has 10 atom stereocenters. The van der Waals surface area contributed by atoms with Crippen LogP contribution in [0.3, 0.4) is 0 Å². The van der Waals surface area contributed by atoms with Gasteiger partial charge in [-0.15, -0.1) is 0 Å². The maximum atomic E-state index is 13.4. The van der Waals surface area contributed by atoms with Gasteiger partial charge in [0.05, 0.1) is 25.9 Å². The van der Waals surface area contributed by atoms with E-state index in [9.17, 15) is 24.5 Å². The first-order chi connectivity index (χ1) is 21.3. The van der Waals surface area contributed by atoms with Crippen molar-refractivity contribution in [2.45, 2.75) is 49.1 Å². The first-order valence-corrected chi connectivity index (χ1v) is 18.1. The van der Waals surface area contributed by atoms with Crippen molar-refractivity contribution in [1.29, 1.82) is 0 Å². The van der Waals surface area contributed by atoms with Crippen molar-refractivity contribution in [3.05, 3.63) is 29.3 Å². The molecule has 2 unspecified atom stereocenters. The highest BCUT2D eigenvalue weighted by Crippen LogP contribution is 2.54. The van der Waals surface area contributed by atoms with E-state index in [1.807, 2.05) is 0 Å². The molecule has 3 aliphatic rings. The van der Waals surface area contributed by atoms with Crippen molar-refractivity contribution >= 4 is 71.7 Å². The van der Waals surface area contributed by atoms with E-state index in [4.69, 9.17) is 63.1 Å². The number of hydrogen-bond acceptors (Lipinski definition) is 19. The van der Waals surface area contributed by atoms with Crippen molar-refractivity contribution in [3.63, 3.8) is 0 Å². The lowest BCUT2D eigenvalue weighted by Crippen LogP contribution is -2.39. The van der Waals surface area contributed by atoms with E-state index in [0.717, 1.165) is 0 Å². The minimum Gasteiger partial charge on any atom is -0.660 e. The molecular weight excluding hydrogens is 682 g/mol. The predicted octanol–water partition coefficient (Wildman–Crippen LogP) is -1.67. The van der Waals surface area contributed by atoms with Crippen LogP contribution in [0.25, 0.3) is 22.3 Å². The van der Waals surface area contributed by atoms with Crippen LogP contribution in [0.5, 0.6) is 0 Å². The van der Waals surface area contributed by atoms with E-state index >= 15 is 0 Å². The molecule has 3 saturated heterocycles. The van der Waals surface area contributed by atoms with Gasteiger partial charge in [-0.3, -0.25) is 28.0 Å². The molecule has 7 rings (SSSR count). The number of aromatic amines is 1. The average Bonchev–Trinajstić information content (AvgIpc) is 3.72. The lowest BCUT2D eigenvalue weighted by Gasteiger charge is -2.33. The summed E-state index contributed by atoms with van der Waals surface area (Å²) < 4.78 is 50.1. The number of hydrogen-bond donors (Lipinski definition) is 6. The zero-order chi connectivity index (χ0) is 31.8. The molecule has 242 valence electrons. The minimum absolute atomic E-state index is 0.0275. The Morgan fingerprint density at radius 3 is 2.22 bits per heavy atom. The predicted molar refractivity (Wildman–Crippen MR) is 155 cm³/mol. The van der Waals surface area contributed by atoms with Gasteiger partial charge in [0.1, 0.15) is 48.5 Å². The van der Waals surface area contributed by atoms with E-state index in [1.165, 1.54) is 28.1 Å².